The minimum Gasteiger partial charge on any atom is -0.365 e. The molecule has 0 radical (unpaired) electrons. The van der Waals surface area contributed by atoms with Crippen molar-refractivity contribution in [1.82, 2.24) is 14.8 Å². The van der Waals surface area contributed by atoms with Gasteiger partial charge in [0.05, 0.1) is 6.42 Å². The molecule has 114 valence electrons. The van der Waals surface area contributed by atoms with Gasteiger partial charge in [-0.05, 0) is 24.3 Å². The maximum Gasteiger partial charge on any atom is 0.253 e. The first-order chi connectivity index (χ1) is 10.7. The Labute approximate surface area is 129 Å². The van der Waals surface area contributed by atoms with Gasteiger partial charge in [-0.1, -0.05) is 18.2 Å². The Morgan fingerprint density at radius 1 is 0.909 bits per heavy atom. The number of rotatable bonds is 3. The summed E-state index contributed by atoms with van der Waals surface area (Å²) in [5, 5.41) is 0. The lowest BCUT2D eigenvalue weighted by Gasteiger charge is -2.34. The molecule has 1 N–H and O–H groups in total. The molecule has 1 fully saturated rings. The summed E-state index contributed by atoms with van der Waals surface area (Å²) in [6.07, 6.45) is 2.21. The molecule has 1 aliphatic heterocycles. The highest BCUT2D eigenvalue weighted by Crippen LogP contribution is 2.10. The van der Waals surface area contributed by atoms with Crippen molar-refractivity contribution < 1.29 is 9.59 Å². The summed E-state index contributed by atoms with van der Waals surface area (Å²) in [5.41, 5.74) is 1.63. The second-order valence-corrected chi connectivity index (χ2v) is 5.41. The Morgan fingerprint density at radius 3 is 2.23 bits per heavy atom. The minimum absolute atomic E-state index is 0.0390. The van der Waals surface area contributed by atoms with E-state index in [2.05, 4.69) is 4.98 Å². The minimum atomic E-state index is 0.0390. The molecule has 0 saturated carbocycles. The molecule has 3 rings (SSSR count). The molecule has 22 heavy (non-hydrogen) atoms. The van der Waals surface area contributed by atoms with Gasteiger partial charge in [0.1, 0.15) is 0 Å². The van der Waals surface area contributed by atoms with Crippen LogP contribution >= 0.6 is 0 Å². The molecule has 0 bridgehead atoms. The standard InChI is InChI=1S/C17H19N3O2/c21-16(13-15-7-4-8-18-15)19-9-11-20(12-10-19)17(22)14-5-2-1-3-6-14/h1-8,18H,9-13H2. The number of nitrogens with zero attached hydrogens (tertiary/aromatic N) is 2. The van der Waals surface area contributed by atoms with Crippen LogP contribution in [0.4, 0.5) is 0 Å². The first kappa shape index (κ1) is 14.4. The van der Waals surface area contributed by atoms with Crippen molar-refractivity contribution in [3.8, 4) is 0 Å². The summed E-state index contributed by atoms with van der Waals surface area (Å²) in [4.78, 5) is 31.3. The van der Waals surface area contributed by atoms with Crippen molar-refractivity contribution in [2.75, 3.05) is 26.2 Å². The number of hydrogen-bond donors (Lipinski definition) is 1. The number of benzene rings is 1. The Morgan fingerprint density at radius 2 is 1.59 bits per heavy atom. The zero-order valence-electron chi connectivity index (χ0n) is 12.4. The van der Waals surface area contributed by atoms with Crippen LogP contribution in [0, 0.1) is 0 Å². The topological polar surface area (TPSA) is 56.4 Å². The molecule has 5 heteroatoms. The zero-order chi connectivity index (χ0) is 15.4. The first-order valence-electron chi connectivity index (χ1n) is 7.48. The van der Waals surface area contributed by atoms with Gasteiger partial charge in [-0.3, -0.25) is 9.59 Å². The number of amides is 2. The van der Waals surface area contributed by atoms with Crippen molar-refractivity contribution in [3.63, 3.8) is 0 Å². The molecule has 0 aliphatic carbocycles. The molecular formula is C17H19N3O2. The van der Waals surface area contributed by atoms with Crippen LogP contribution in [0.5, 0.6) is 0 Å². The van der Waals surface area contributed by atoms with Crippen molar-refractivity contribution in [2.45, 2.75) is 6.42 Å². The predicted molar refractivity (Wildman–Crippen MR) is 83.4 cm³/mol. The molecule has 0 atom stereocenters. The van der Waals surface area contributed by atoms with Gasteiger partial charge >= 0.3 is 0 Å². The van der Waals surface area contributed by atoms with Crippen LogP contribution in [0.15, 0.2) is 48.7 Å². The summed E-state index contributed by atoms with van der Waals surface area (Å²) >= 11 is 0. The van der Waals surface area contributed by atoms with Gasteiger partial charge in [0.15, 0.2) is 0 Å². The van der Waals surface area contributed by atoms with Gasteiger partial charge in [0.2, 0.25) is 5.91 Å². The summed E-state index contributed by atoms with van der Waals surface area (Å²) in [7, 11) is 0. The van der Waals surface area contributed by atoms with Crippen molar-refractivity contribution in [3.05, 3.63) is 59.9 Å². The molecule has 1 aliphatic rings. The Bertz CT molecular complexity index is 629. The second kappa shape index (κ2) is 6.47. The number of piperazine rings is 1. The SMILES string of the molecule is O=C(Cc1ccc[nH]1)N1CCN(C(=O)c2ccccc2)CC1. The molecule has 0 spiro atoms. The first-order valence-corrected chi connectivity index (χ1v) is 7.48. The van der Waals surface area contributed by atoms with E-state index in [1.54, 1.807) is 0 Å². The summed E-state index contributed by atoms with van der Waals surface area (Å²) in [5.74, 6) is 0.145. The lowest BCUT2D eigenvalue weighted by molar-refractivity contribution is -0.132. The number of aromatic nitrogens is 1. The van der Waals surface area contributed by atoms with Gasteiger partial charge in [0, 0.05) is 43.6 Å². The summed E-state index contributed by atoms with van der Waals surface area (Å²) in [6, 6.07) is 13.1. The van der Waals surface area contributed by atoms with Crippen LogP contribution in [0.25, 0.3) is 0 Å². The Balaban J connectivity index is 1.54. The van der Waals surface area contributed by atoms with E-state index in [1.807, 2.05) is 58.5 Å². The zero-order valence-corrected chi connectivity index (χ0v) is 12.4. The van der Waals surface area contributed by atoms with Crippen LogP contribution in [-0.4, -0.2) is 52.8 Å². The molecule has 1 aromatic carbocycles. The molecule has 1 saturated heterocycles. The Kier molecular flexibility index (Phi) is 4.23. The van der Waals surface area contributed by atoms with Crippen LogP contribution in [-0.2, 0) is 11.2 Å². The van der Waals surface area contributed by atoms with E-state index in [0.717, 1.165) is 5.69 Å². The maximum atomic E-state index is 12.4. The van der Waals surface area contributed by atoms with Gasteiger partial charge < -0.3 is 14.8 Å². The van der Waals surface area contributed by atoms with Crippen LogP contribution in [0.3, 0.4) is 0 Å². The average molecular weight is 297 g/mol. The van der Waals surface area contributed by atoms with E-state index in [1.165, 1.54) is 0 Å². The third-order valence-electron chi connectivity index (χ3n) is 3.94. The van der Waals surface area contributed by atoms with Crippen molar-refractivity contribution in [2.24, 2.45) is 0 Å². The molecule has 2 aromatic rings. The smallest absolute Gasteiger partial charge is 0.253 e. The second-order valence-electron chi connectivity index (χ2n) is 5.41. The highest BCUT2D eigenvalue weighted by Gasteiger charge is 2.24. The molecular weight excluding hydrogens is 278 g/mol. The quantitative estimate of drug-likeness (QED) is 0.934. The van der Waals surface area contributed by atoms with E-state index in [4.69, 9.17) is 0 Å². The lowest BCUT2D eigenvalue weighted by atomic mass is 10.1. The largest absolute Gasteiger partial charge is 0.365 e. The summed E-state index contributed by atoms with van der Waals surface area (Å²) in [6.45, 7) is 2.37. The van der Waals surface area contributed by atoms with E-state index in [-0.39, 0.29) is 11.8 Å². The molecule has 2 heterocycles. The average Bonchev–Trinajstić information content (AvgIpc) is 3.08. The number of carbonyl (C=O) groups excluding carboxylic acids is 2. The third kappa shape index (κ3) is 3.19. The van der Waals surface area contributed by atoms with Gasteiger partial charge in [0.25, 0.3) is 5.91 Å². The third-order valence-corrected chi connectivity index (χ3v) is 3.94. The molecule has 0 unspecified atom stereocenters. The van der Waals surface area contributed by atoms with Gasteiger partial charge in [-0.25, -0.2) is 0 Å². The van der Waals surface area contributed by atoms with Gasteiger partial charge in [-0.2, -0.15) is 0 Å². The fourth-order valence-corrected chi connectivity index (χ4v) is 2.67. The highest BCUT2D eigenvalue weighted by molar-refractivity contribution is 5.94. The predicted octanol–water partition coefficient (Wildman–Crippen LogP) is 1.54. The number of aromatic amines is 1. The molecule has 1 aromatic heterocycles. The van der Waals surface area contributed by atoms with E-state index in [9.17, 15) is 9.59 Å². The van der Waals surface area contributed by atoms with Crippen LogP contribution in [0.1, 0.15) is 16.1 Å². The number of hydrogen-bond acceptors (Lipinski definition) is 2. The van der Waals surface area contributed by atoms with Crippen LogP contribution < -0.4 is 0 Å². The molecule has 2 amide bonds. The van der Waals surface area contributed by atoms with E-state index in [0.29, 0.717) is 38.2 Å². The highest BCUT2D eigenvalue weighted by atomic mass is 16.2. The number of carbonyl (C=O) groups is 2. The van der Waals surface area contributed by atoms with Crippen molar-refractivity contribution in [1.29, 1.82) is 0 Å². The van der Waals surface area contributed by atoms with Gasteiger partial charge in [-0.15, -0.1) is 0 Å². The number of nitrogens with one attached hydrogen (secondary N) is 1. The summed E-state index contributed by atoms with van der Waals surface area (Å²) < 4.78 is 0. The van der Waals surface area contributed by atoms with E-state index >= 15 is 0 Å². The van der Waals surface area contributed by atoms with Crippen LogP contribution in [0.2, 0.25) is 0 Å². The Hall–Kier alpha value is -2.56. The van der Waals surface area contributed by atoms with Crippen molar-refractivity contribution >= 4 is 11.8 Å². The fourth-order valence-electron chi connectivity index (χ4n) is 2.67. The lowest BCUT2D eigenvalue weighted by Crippen LogP contribution is -2.51. The monoisotopic (exact) mass is 297 g/mol. The normalized spacial score (nSPS) is 14.9. The fraction of sp³-hybridized carbons (Fsp3) is 0.294. The maximum absolute atomic E-state index is 12.4. The number of H-pyrrole nitrogens is 1. The molecule has 5 nitrogen and oxygen atoms in total. The van der Waals surface area contributed by atoms with E-state index < -0.39 is 0 Å².